The first kappa shape index (κ1) is 23.4. The topological polar surface area (TPSA) is 64.2 Å². The Morgan fingerprint density at radius 2 is 1.75 bits per heavy atom. The number of thiocarbonyl (C=S) groups is 1. The van der Waals surface area contributed by atoms with Gasteiger partial charge in [0, 0.05) is 5.39 Å². The number of rotatable bonds is 3. The number of thioether (sulfide) groups is 1. The number of carbonyl (C=O) groups excluding carboxylic acids is 1. The van der Waals surface area contributed by atoms with Crippen LogP contribution in [-0.4, -0.2) is 27.4 Å². The number of nitrogens with zero attached hydrogens (tertiary/aromatic N) is 1. The van der Waals surface area contributed by atoms with Gasteiger partial charge in [-0.05, 0) is 76.5 Å². The molecule has 0 bridgehead atoms. The summed E-state index contributed by atoms with van der Waals surface area (Å²) in [5.41, 5.74) is 1.91. The van der Waals surface area contributed by atoms with Gasteiger partial charge in [0.25, 0.3) is 0 Å². The van der Waals surface area contributed by atoms with E-state index in [-0.39, 0.29) is 52.8 Å². The molecular weight excluding hydrogens is 468 g/mol. The SMILES string of the molecule is COC(=O)c1ccc2nc(SC(=S)Oc3cccc4cc5ccccc5cc34)[nH]c2c1.[H-].[K+]. The van der Waals surface area contributed by atoms with E-state index >= 15 is 0 Å². The molecular formula is C24H17KN2O3S2. The van der Waals surface area contributed by atoms with Crippen molar-refractivity contribution < 1.29 is 67.1 Å². The van der Waals surface area contributed by atoms with Crippen molar-refractivity contribution in [3.63, 3.8) is 0 Å². The zero-order valence-corrected chi connectivity index (χ0v) is 22.2. The number of H-pyrrole nitrogens is 1. The number of esters is 1. The van der Waals surface area contributed by atoms with Crippen LogP contribution in [0, 0.1) is 0 Å². The van der Waals surface area contributed by atoms with Gasteiger partial charge in [0.15, 0.2) is 5.16 Å². The average molecular weight is 485 g/mol. The Bertz CT molecular complexity index is 1490. The molecule has 5 nitrogen and oxygen atoms in total. The third-order valence-electron chi connectivity index (χ3n) is 4.96. The van der Waals surface area contributed by atoms with E-state index in [1.54, 1.807) is 18.2 Å². The van der Waals surface area contributed by atoms with E-state index in [0.29, 0.717) is 20.9 Å². The minimum absolute atomic E-state index is 0. The maximum absolute atomic E-state index is 11.7. The van der Waals surface area contributed by atoms with Crippen molar-refractivity contribution in [3.05, 3.63) is 78.4 Å². The van der Waals surface area contributed by atoms with Crippen LogP contribution in [-0.2, 0) is 4.74 Å². The Hall–Kier alpha value is -1.78. The molecule has 5 aromatic rings. The number of hydrogen-bond donors (Lipinski definition) is 1. The monoisotopic (exact) mass is 484 g/mol. The van der Waals surface area contributed by atoms with Gasteiger partial charge in [0.2, 0.25) is 4.38 Å². The Morgan fingerprint density at radius 1 is 1.00 bits per heavy atom. The van der Waals surface area contributed by atoms with E-state index in [1.165, 1.54) is 24.3 Å². The second kappa shape index (κ2) is 10.0. The third kappa shape index (κ3) is 4.77. The van der Waals surface area contributed by atoms with Gasteiger partial charge in [-0.1, -0.05) is 36.4 Å². The summed E-state index contributed by atoms with van der Waals surface area (Å²) in [6.07, 6.45) is 0. The van der Waals surface area contributed by atoms with Crippen LogP contribution in [0.25, 0.3) is 32.6 Å². The van der Waals surface area contributed by atoms with Crippen LogP contribution in [0.15, 0.2) is 78.0 Å². The molecule has 0 saturated heterocycles. The molecule has 1 N–H and O–H groups in total. The Balaban J connectivity index is 0.00000153. The summed E-state index contributed by atoms with van der Waals surface area (Å²) in [5, 5.41) is 4.99. The van der Waals surface area contributed by atoms with E-state index in [1.807, 2.05) is 24.3 Å². The van der Waals surface area contributed by atoms with Gasteiger partial charge in [0.1, 0.15) is 5.75 Å². The first-order valence-corrected chi connectivity index (χ1v) is 10.7. The number of aromatic nitrogens is 2. The fraction of sp³-hybridized carbons (Fsp3) is 0.0417. The number of nitrogens with one attached hydrogen (secondary N) is 1. The number of benzene rings is 4. The number of ether oxygens (including phenoxy) is 2. The molecule has 4 aromatic carbocycles. The summed E-state index contributed by atoms with van der Waals surface area (Å²) in [5.74, 6) is 0.304. The van der Waals surface area contributed by atoms with Crippen molar-refractivity contribution in [1.82, 2.24) is 9.97 Å². The smallest absolute Gasteiger partial charge is 1.00 e. The Kier molecular flexibility index (Phi) is 7.31. The summed E-state index contributed by atoms with van der Waals surface area (Å²) >= 11 is 6.70. The Labute approximate surface area is 237 Å². The molecule has 154 valence electrons. The van der Waals surface area contributed by atoms with Gasteiger partial charge in [0.05, 0.1) is 23.7 Å². The van der Waals surface area contributed by atoms with Crippen LogP contribution in [0.5, 0.6) is 5.75 Å². The molecule has 0 atom stereocenters. The van der Waals surface area contributed by atoms with Gasteiger partial charge in [-0.3, -0.25) is 0 Å². The predicted octanol–water partition coefficient (Wildman–Crippen LogP) is 3.23. The molecule has 5 rings (SSSR count). The molecule has 0 radical (unpaired) electrons. The minimum Gasteiger partial charge on any atom is -1.00 e. The summed E-state index contributed by atoms with van der Waals surface area (Å²) < 4.78 is 11.1. The molecule has 0 unspecified atom stereocenters. The summed E-state index contributed by atoms with van der Waals surface area (Å²) in [7, 11) is 1.35. The van der Waals surface area contributed by atoms with Crippen molar-refractivity contribution in [2.24, 2.45) is 0 Å². The van der Waals surface area contributed by atoms with E-state index < -0.39 is 5.97 Å². The summed E-state index contributed by atoms with van der Waals surface area (Å²) in [6, 6.07) is 23.6. The van der Waals surface area contributed by atoms with Crippen molar-refractivity contribution in [3.8, 4) is 5.75 Å². The summed E-state index contributed by atoms with van der Waals surface area (Å²) in [4.78, 5) is 19.4. The number of carbonyl (C=O) groups is 1. The minimum atomic E-state index is -0.395. The van der Waals surface area contributed by atoms with E-state index in [9.17, 15) is 4.79 Å². The molecule has 0 aliphatic carbocycles. The quantitative estimate of drug-likeness (QED) is 0.140. The van der Waals surface area contributed by atoms with Gasteiger partial charge < -0.3 is 15.9 Å². The molecule has 1 aromatic heterocycles. The zero-order chi connectivity index (χ0) is 21.4. The average Bonchev–Trinajstić information content (AvgIpc) is 3.18. The standard InChI is InChI=1S/C24H16N2O3S2.K.H/c1-28-22(27)17-9-10-19-20(13-17)26-23(25-19)31-24(30)29-21-8-4-7-16-11-14-5-2-3-6-15(14)12-18(16)21;;/h2-13H,1H3,(H,25,26);;/q;+1;-1. The Morgan fingerprint density at radius 3 is 2.53 bits per heavy atom. The fourth-order valence-corrected chi connectivity index (χ4v) is 4.42. The number of hydrogen-bond acceptors (Lipinski definition) is 6. The molecule has 0 spiro atoms. The second-order valence-electron chi connectivity index (χ2n) is 6.90. The van der Waals surface area contributed by atoms with Crippen molar-refractivity contribution in [2.75, 3.05) is 7.11 Å². The number of fused-ring (bicyclic) bond motifs is 3. The molecule has 0 aliphatic rings. The number of imidazole rings is 1. The maximum Gasteiger partial charge on any atom is 1.00 e. The maximum atomic E-state index is 11.7. The number of methoxy groups -OCH3 is 1. The van der Waals surface area contributed by atoms with E-state index in [0.717, 1.165) is 27.2 Å². The van der Waals surface area contributed by atoms with Gasteiger partial charge in [-0.2, -0.15) is 0 Å². The van der Waals surface area contributed by atoms with Crippen molar-refractivity contribution in [2.45, 2.75) is 5.16 Å². The van der Waals surface area contributed by atoms with Crippen LogP contribution >= 0.6 is 24.0 Å². The van der Waals surface area contributed by atoms with Crippen LogP contribution in [0.4, 0.5) is 0 Å². The molecule has 0 aliphatic heterocycles. The van der Waals surface area contributed by atoms with Crippen LogP contribution in [0.1, 0.15) is 11.8 Å². The van der Waals surface area contributed by atoms with E-state index in [4.69, 9.17) is 21.7 Å². The van der Waals surface area contributed by atoms with Crippen LogP contribution in [0.3, 0.4) is 0 Å². The molecule has 0 saturated carbocycles. The van der Waals surface area contributed by atoms with Crippen LogP contribution in [0.2, 0.25) is 0 Å². The van der Waals surface area contributed by atoms with Crippen molar-refractivity contribution in [1.29, 1.82) is 0 Å². The van der Waals surface area contributed by atoms with E-state index in [2.05, 4.69) is 40.3 Å². The number of aromatic amines is 1. The van der Waals surface area contributed by atoms with Gasteiger partial charge >= 0.3 is 57.4 Å². The largest absolute Gasteiger partial charge is 1.00 e. The fourth-order valence-electron chi connectivity index (χ4n) is 3.50. The molecule has 8 heteroatoms. The molecule has 0 amide bonds. The van der Waals surface area contributed by atoms with Gasteiger partial charge in [-0.15, -0.1) is 0 Å². The van der Waals surface area contributed by atoms with Crippen molar-refractivity contribution >= 4 is 66.9 Å². The second-order valence-corrected chi connectivity index (χ2v) is 8.49. The first-order valence-electron chi connectivity index (χ1n) is 9.50. The normalized spacial score (nSPS) is 10.8. The van der Waals surface area contributed by atoms with Gasteiger partial charge in [-0.25, -0.2) is 9.78 Å². The first-order chi connectivity index (χ1) is 15.1. The summed E-state index contributed by atoms with van der Waals surface area (Å²) in [6.45, 7) is 0. The molecule has 1 heterocycles. The zero-order valence-electron chi connectivity index (χ0n) is 18.4. The molecule has 0 fully saturated rings. The van der Waals surface area contributed by atoms with Crippen LogP contribution < -0.4 is 56.1 Å². The predicted molar refractivity (Wildman–Crippen MR) is 129 cm³/mol. The molecule has 32 heavy (non-hydrogen) atoms. The third-order valence-corrected chi connectivity index (χ3v) is 5.93.